The Kier molecular flexibility index (Phi) is 5.88. The zero-order valence-electron chi connectivity index (χ0n) is 20.2. The molecule has 1 spiro atoms. The molecule has 1 N–H and O–H groups in total. The van der Waals surface area contributed by atoms with Gasteiger partial charge >= 0.3 is 6.03 Å². The number of carbonyl (C=O) groups excluding carboxylic acids is 3. The van der Waals surface area contributed by atoms with Crippen molar-refractivity contribution < 1.29 is 23.9 Å². The Morgan fingerprint density at radius 1 is 1.03 bits per heavy atom. The number of para-hydroxylation sites is 1. The molecule has 0 bridgehead atoms. The standard InChI is InChI=1S/C26H30N4O5/c1-28-12-13-29-19-7-5-4-6-18(19)15-26(22(29)16-28)23(31)27-25(33)30(24(26)32)11-10-17-8-9-20(34-2)21(14-17)35-3/h4-9,14,22H,10-13,15-16H2,1-3H3,(H,27,31,33). The van der Waals surface area contributed by atoms with Crippen LogP contribution in [0.2, 0.25) is 0 Å². The maximum atomic E-state index is 14.1. The summed E-state index contributed by atoms with van der Waals surface area (Å²) in [5.41, 5.74) is 1.54. The van der Waals surface area contributed by atoms with Gasteiger partial charge in [-0.25, -0.2) is 4.79 Å². The van der Waals surface area contributed by atoms with E-state index in [9.17, 15) is 14.4 Å². The van der Waals surface area contributed by atoms with Crippen LogP contribution in [-0.4, -0.2) is 81.1 Å². The van der Waals surface area contributed by atoms with Gasteiger partial charge in [0.15, 0.2) is 16.9 Å². The topological polar surface area (TPSA) is 91.4 Å². The highest BCUT2D eigenvalue weighted by Crippen LogP contribution is 2.45. The highest BCUT2D eigenvalue weighted by atomic mass is 16.5. The monoisotopic (exact) mass is 478 g/mol. The average molecular weight is 479 g/mol. The van der Waals surface area contributed by atoms with Crippen LogP contribution in [0.15, 0.2) is 42.5 Å². The van der Waals surface area contributed by atoms with Crippen molar-refractivity contribution in [1.82, 2.24) is 15.1 Å². The van der Waals surface area contributed by atoms with Crippen LogP contribution >= 0.6 is 0 Å². The number of nitrogens with zero attached hydrogens (tertiary/aromatic N) is 3. The van der Waals surface area contributed by atoms with E-state index in [1.165, 1.54) is 4.90 Å². The van der Waals surface area contributed by atoms with E-state index in [0.717, 1.165) is 23.4 Å². The third-order valence-corrected chi connectivity index (χ3v) is 7.49. The zero-order valence-corrected chi connectivity index (χ0v) is 20.2. The number of amides is 4. The first-order chi connectivity index (χ1) is 16.9. The Hall–Kier alpha value is -3.59. The highest BCUT2D eigenvalue weighted by Gasteiger charge is 2.62. The van der Waals surface area contributed by atoms with Gasteiger partial charge in [-0.1, -0.05) is 24.3 Å². The molecular weight excluding hydrogens is 448 g/mol. The summed E-state index contributed by atoms with van der Waals surface area (Å²) in [5.74, 6) is 0.256. The van der Waals surface area contributed by atoms with Crippen LogP contribution in [0.1, 0.15) is 11.1 Å². The molecule has 0 saturated carbocycles. The number of benzene rings is 2. The lowest BCUT2D eigenvalue weighted by Gasteiger charge is -2.55. The summed E-state index contributed by atoms with van der Waals surface area (Å²) in [5, 5.41) is 2.51. The van der Waals surface area contributed by atoms with E-state index < -0.39 is 23.3 Å². The number of hydrogen-bond donors (Lipinski definition) is 1. The summed E-state index contributed by atoms with van der Waals surface area (Å²) in [4.78, 5) is 46.0. The van der Waals surface area contributed by atoms with Crippen molar-refractivity contribution in [3.05, 3.63) is 53.6 Å². The van der Waals surface area contributed by atoms with Gasteiger partial charge in [0.2, 0.25) is 11.8 Å². The minimum absolute atomic E-state index is 0.152. The number of barbiturate groups is 1. The lowest BCUT2D eigenvalue weighted by molar-refractivity contribution is -0.154. The number of piperazine rings is 1. The lowest BCUT2D eigenvalue weighted by Crippen LogP contribution is -2.75. The number of methoxy groups -OCH3 is 2. The number of nitrogens with one attached hydrogen (secondary N) is 1. The molecule has 184 valence electrons. The smallest absolute Gasteiger partial charge is 0.330 e. The van der Waals surface area contributed by atoms with Crippen molar-refractivity contribution in [2.75, 3.05) is 52.3 Å². The second-order valence-corrected chi connectivity index (χ2v) is 9.40. The minimum Gasteiger partial charge on any atom is -0.493 e. The average Bonchev–Trinajstić information content (AvgIpc) is 2.87. The predicted molar refractivity (Wildman–Crippen MR) is 130 cm³/mol. The Bertz CT molecular complexity index is 1180. The summed E-state index contributed by atoms with van der Waals surface area (Å²) >= 11 is 0. The van der Waals surface area contributed by atoms with Crippen molar-refractivity contribution in [2.45, 2.75) is 18.9 Å². The van der Waals surface area contributed by atoms with E-state index in [1.54, 1.807) is 20.3 Å². The Morgan fingerprint density at radius 3 is 2.57 bits per heavy atom. The number of imide groups is 2. The molecule has 3 aliphatic heterocycles. The van der Waals surface area contributed by atoms with Crippen molar-refractivity contribution in [3.8, 4) is 11.5 Å². The van der Waals surface area contributed by atoms with Crippen molar-refractivity contribution >= 4 is 23.5 Å². The molecule has 2 aromatic rings. The molecule has 4 amide bonds. The molecule has 2 fully saturated rings. The fourth-order valence-electron chi connectivity index (χ4n) is 5.62. The van der Waals surface area contributed by atoms with Gasteiger partial charge in [-0.2, -0.15) is 0 Å². The van der Waals surface area contributed by atoms with E-state index in [-0.39, 0.29) is 19.0 Å². The van der Waals surface area contributed by atoms with Gasteiger partial charge in [0, 0.05) is 31.9 Å². The fourth-order valence-corrected chi connectivity index (χ4v) is 5.62. The van der Waals surface area contributed by atoms with Crippen LogP contribution in [0, 0.1) is 5.41 Å². The highest BCUT2D eigenvalue weighted by molar-refractivity contribution is 6.20. The second kappa shape index (κ2) is 8.88. The SMILES string of the molecule is COc1ccc(CCN2C(=O)NC(=O)C3(Cc4ccccc4N4CCN(C)CC43)C2=O)cc1OC. The van der Waals surface area contributed by atoms with Crippen LogP contribution in [0.4, 0.5) is 10.5 Å². The third kappa shape index (κ3) is 3.70. The first kappa shape index (κ1) is 23.2. The lowest BCUT2D eigenvalue weighted by atomic mass is 9.67. The third-order valence-electron chi connectivity index (χ3n) is 7.49. The largest absolute Gasteiger partial charge is 0.493 e. The molecule has 5 rings (SSSR count). The maximum absolute atomic E-state index is 14.1. The van der Waals surface area contributed by atoms with E-state index in [0.29, 0.717) is 31.0 Å². The maximum Gasteiger partial charge on any atom is 0.330 e. The first-order valence-corrected chi connectivity index (χ1v) is 11.8. The molecule has 2 atom stereocenters. The van der Waals surface area contributed by atoms with Crippen LogP contribution in [0.5, 0.6) is 11.5 Å². The molecule has 2 saturated heterocycles. The van der Waals surface area contributed by atoms with Gasteiger partial charge < -0.3 is 19.3 Å². The van der Waals surface area contributed by atoms with E-state index in [4.69, 9.17) is 9.47 Å². The molecule has 2 unspecified atom stereocenters. The molecule has 3 heterocycles. The van der Waals surface area contributed by atoms with Crippen LogP contribution in [-0.2, 0) is 22.4 Å². The molecule has 0 radical (unpaired) electrons. The number of fused-ring (bicyclic) bond motifs is 4. The molecular formula is C26H30N4O5. The molecule has 35 heavy (non-hydrogen) atoms. The van der Waals surface area contributed by atoms with Gasteiger partial charge in [0.25, 0.3) is 0 Å². The van der Waals surface area contributed by atoms with E-state index >= 15 is 0 Å². The van der Waals surface area contributed by atoms with Gasteiger partial charge in [-0.05, 0) is 49.2 Å². The van der Waals surface area contributed by atoms with Gasteiger partial charge in [-0.15, -0.1) is 0 Å². The fraction of sp³-hybridized carbons (Fsp3) is 0.423. The quantitative estimate of drug-likeness (QED) is 0.654. The van der Waals surface area contributed by atoms with E-state index in [1.807, 2.05) is 43.4 Å². The summed E-state index contributed by atoms with van der Waals surface area (Å²) in [6, 6.07) is 12.4. The summed E-state index contributed by atoms with van der Waals surface area (Å²) in [6.45, 7) is 2.25. The number of ether oxygens (including phenoxy) is 2. The molecule has 3 aliphatic rings. The first-order valence-electron chi connectivity index (χ1n) is 11.8. The Morgan fingerprint density at radius 2 is 1.80 bits per heavy atom. The summed E-state index contributed by atoms with van der Waals surface area (Å²) in [7, 11) is 5.13. The number of anilines is 1. The van der Waals surface area contributed by atoms with E-state index in [2.05, 4.69) is 15.1 Å². The van der Waals surface area contributed by atoms with Crippen molar-refractivity contribution in [2.24, 2.45) is 5.41 Å². The molecule has 9 heteroatoms. The normalized spacial score (nSPS) is 24.2. The number of carbonyl (C=O) groups is 3. The minimum atomic E-state index is -1.37. The second-order valence-electron chi connectivity index (χ2n) is 9.40. The Balaban J connectivity index is 1.47. The summed E-state index contributed by atoms with van der Waals surface area (Å²) in [6.07, 6.45) is 0.692. The molecule has 9 nitrogen and oxygen atoms in total. The van der Waals surface area contributed by atoms with Crippen LogP contribution in [0.3, 0.4) is 0 Å². The molecule has 2 aromatic carbocycles. The molecule has 0 aromatic heterocycles. The summed E-state index contributed by atoms with van der Waals surface area (Å²) < 4.78 is 10.7. The Labute approximate surface area is 204 Å². The number of hydrogen-bond acceptors (Lipinski definition) is 7. The molecule has 0 aliphatic carbocycles. The van der Waals surface area contributed by atoms with Gasteiger partial charge in [0.05, 0.1) is 20.3 Å². The van der Waals surface area contributed by atoms with Crippen LogP contribution in [0.25, 0.3) is 0 Å². The predicted octanol–water partition coefficient (Wildman–Crippen LogP) is 1.69. The van der Waals surface area contributed by atoms with Gasteiger partial charge in [-0.3, -0.25) is 19.8 Å². The zero-order chi connectivity index (χ0) is 24.7. The van der Waals surface area contributed by atoms with Crippen molar-refractivity contribution in [3.63, 3.8) is 0 Å². The van der Waals surface area contributed by atoms with Crippen LogP contribution < -0.4 is 19.7 Å². The van der Waals surface area contributed by atoms with Crippen molar-refractivity contribution in [1.29, 1.82) is 0 Å². The van der Waals surface area contributed by atoms with Gasteiger partial charge in [0.1, 0.15) is 0 Å². The number of rotatable bonds is 5. The number of likely N-dealkylation sites (N-methyl/N-ethyl adjacent to an activating group) is 1. The number of urea groups is 1.